The Balaban J connectivity index is 1.85. The number of carbonyl (C=O) groups is 1. The minimum Gasteiger partial charge on any atom is -0.354 e. The normalized spacial score (nSPS) is 11.6. The Labute approximate surface area is 164 Å². The van der Waals surface area contributed by atoms with Gasteiger partial charge in [0.2, 0.25) is 15.9 Å². The van der Waals surface area contributed by atoms with Crippen LogP contribution in [-0.2, 0) is 21.4 Å². The molecular formula is C19H23FN2O3S2. The quantitative estimate of drug-likeness (QED) is 0.510. The summed E-state index contributed by atoms with van der Waals surface area (Å²) < 4.78 is 38.6. The van der Waals surface area contributed by atoms with E-state index < -0.39 is 21.7 Å². The lowest BCUT2D eigenvalue weighted by Gasteiger charge is -2.20. The second-order valence-corrected chi connectivity index (χ2v) is 9.28. The van der Waals surface area contributed by atoms with E-state index in [9.17, 15) is 17.6 Å². The van der Waals surface area contributed by atoms with Crippen molar-refractivity contribution in [2.75, 3.05) is 25.1 Å². The van der Waals surface area contributed by atoms with E-state index in [4.69, 9.17) is 0 Å². The number of sulfonamides is 1. The molecule has 0 aliphatic carbocycles. The summed E-state index contributed by atoms with van der Waals surface area (Å²) in [4.78, 5) is 13.2. The third-order valence-corrected chi connectivity index (χ3v) is 6.02. The van der Waals surface area contributed by atoms with Gasteiger partial charge in [-0.1, -0.05) is 35.9 Å². The summed E-state index contributed by atoms with van der Waals surface area (Å²) in [7, 11) is -3.65. The maximum atomic E-state index is 13.8. The molecule has 1 amide bonds. The van der Waals surface area contributed by atoms with Crippen molar-refractivity contribution in [2.24, 2.45) is 0 Å². The van der Waals surface area contributed by atoms with Crippen LogP contribution in [-0.4, -0.2) is 43.7 Å². The number of carbonyl (C=O) groups excluding carboxylic acids is 1. The molecule has 1 N–H and O–H groups in total. The number of benzene rings is 2. The Hall–Kier alpha value is -1.90. The first-order chi connectivity index (χ1) is 12.8. The van der Waals surface area contributed by atoms with Crippen molar-refractivity contribution < 1.29 is 17.6 Å². The summed E-state index contributed by atoms with van der Waals surface area (Å²) in [6, 6.07) is 14.0. The molecule has 0 saturated heterocycles. The number of halogens is 1. The maximum Gasteiger partial charge on any atom is 0.235 e. The smallest absolute Gasteiger partial charge is 0.235 e. The number of rotatable bonds is 9. The molecule has 2 aromatic carbocycles. The third-order valence-electron chi connectivity index (χ3n) is 3.81. The van der Waals surface area contributed by atoms with Crippen LogP contribution in [0, 0.1) is 12.7 Å². The van der Waals surface area contributed by atoms with E-state index in [2.05, 4.69) is 5.32 Å². The fourth-order valence-corrected chi connectivity index (χ4v) is 3.81. The second-order valence-electron chi connectivity index (χ2n) is 6.13. The van der Waals surface area contributed by atoms with Crippen molar-refractivity contribution >= 4 is 27.7 Å². The molecule has 5 nitrogen and oxygen atoms in total. The van der Waals surface area contributed by atoms with Crippen LogP contribution in [0.25, 0.3) is 0 Å². The SMILES string of the molecule is Cc1ccc(SCCNC(=O)CN(Cc2ccccc2F)S(C)(=O)=O)cc1. The van der Waals surface area contributed by atoms with Gasteiger partial charge in [-0.2, -0.15) is 4.31 Å². The number of hydrogen-bond donors (Lipinski definition) is 1. The predicted molar refractivity (Wildman–Crippen MR) is 107 cm³/mol. The first-order valence-corrected chi connectivity index (χ1v) is 11.2. The molecule has 2 rings (SSSR count). The molecule has 0 aromatic heterocycles. The summed E-state index contributed by atoms with van der Waals surface area (Å²) in [5.41, 5.74) is 1.41. The topological polar surface area (TPSA) is 66.5 Å². The van der Waals surface area contributed by atoms with Gasteiger partial charge in [-0.3, -0.25) is 4.79 Å². The highest BCUT2D eigenvalue weighted by atomic mass is 32.2. The minimum absolute atomic E-state index is 0.183. The Morgan fingerprint density at radius 2 is 1.81 bits per heavy atom. The summed E-state index contributed by atoms with van der Waals surface area (Å²) in [6.07, 6.45) is 1.01. The van der Waals surface area contributed by atoms with Crippen molar-refractivity contribution in [1.82, 2.24) is 9.62 Å². The predicted octanol–water partition coefficient (Wildman–Crippen LogP) is 2.80. The Morgan fingerprint density at radius 1 is 1.15 bits per heavy atom. The summed E-state index contributed by atoms with van der Waals surface area (Å²) in [5, 5.41) is 2.71. The number of nitrogens with one attached hydrogen (secondary N) is 1. The van der Waals surface area contributed by atoms with E-state index in [1.807, 2.05) is 31.2 Å². The zero-order valence-corrected chi connectivity index (χ0v) is 16.9. The van der Waals surface area contributed by atoms with Crippen molar-refractivity contribution in [3.63, 3.8) is 0 Å². The van der Waals surface area contributed by atoms with Gasteiger partial charge in [-0.15, -0.1) is 11.8 Å². The van der Waals surface area contributed by atoms with E-state index in [1.54, 1.807) is 17.8 Å². The van der Waals surface area contributed by atoms with Crippen LogP contribution >= 0.6 is 11.8 Å². The Morgan fingerprint density at radius 3 is 2.44 bits per heavy atom. The minimum atomic E-state index is -3.65. The van der Waals surface area contributed by atoms with E-state index in [0.717, 1.165) is 15.5 Å². The first-order valence-electron chi connectivity index (χ1n) is 8.40. The zero-order chi connectivity index (χ0) is 19.9. The molecule has 146 valence electrons. The largest absolute Gasteiger partial charge is 0.354 e. The molecule has 0 heterocycles. The highest BCUT2D eigenvalue weighted by molar-refractivity contribution is 7.99. The van der Waals surface area contributed by atoms with Crippen LogP contribution in [0.2, 0.25) is 0 Å². The second kappa shape index (κ2) is 9.87. The van der Waals surface area contributed by atoms with E-state index in [0.29, 0.717) is 12.3 Å². The number of thioether (sulfide) groups is 1. The lowest BCUT2D eigenvalue weighted by atomic mass is 10.2. The molecule has 8 heteroatoms. The van der Waals surface area contributed by atoms with Crippen molar-refractivity contribution in [1.29, 1.82) is 0 Å². The van der Waals surface area contributed by atoms with Gasteiger partial charge in [-0.25, -0.2) is 12.8 Å². The maximum absolute atomic E-state index is 13.8. The lowest BCUT2D eigenvalue weighted by Crippen LogP contribution is -2.40. The fraction of sp³-hybridized carbons (Fsp3) is 0.316. The molecule has 0 aliphatic rings. The molecule has 0 bridgehead atoms. The number of aryl methyl sites for hydroxylation is 1. The number of hydrogen-bond acceptors (Lipinski definition) is 4. The molecule has 0 fully saturated rings. The molecule has 0 aliphatic heterocycles. The zero-order valence-electron chi connectivity index (χ0n) is 15.3. The average molecular weight is 411 g/mol. The molecule has 27 heavy (non-hydrogen) atoms. The average Bonchev–Trinajstić information content (AvgIpc) is 2.60. The molecule has 0 atom stereocenters. The van der Waals surface area contributed by atoms with Gasteiger partial charge in [0.15, 0.2) is 0 Å². The summed E-state index contributed by atoms with van der Waals surface area (Å²) in [5.74, 6) is -0.247. The van der Waals surface area contributed by atoms with Gasteiger partial charge in [-0.05, 0) is 25.1 Å². The summed E-state index contributed by atoms with van der Waals surface area (Å²) >= 11 is 1.60. The molecule has 0 unspecified atom stereocenters. The van der Waals surface area contributed by atoms with Crippen molar-refractivity contribution in [2.45, 2.75) is 18.4 Å². The Bertz CT molecular complexity index is 871. The Kier molecular flexibility index (Phi) is 7.82. The van der Waals surface area contributed by atoms with Gasteiger partial charge in [0, 0.05) is 29.3 Å². The van der Waals surface area contributed by atoms with Gasteiger partial charge in [0.25, 0.3) is 0 Å². The monoisotopic (exact) mass is 410 g/mol. The molecule has 0 saturated carbocycles. The lowest BCUT2D eigenvalue weighted by molar-refractivity contribution is -0.121. The van der Waals surface area contributed by atoms with E-state index in [1.165, 1.54) is 23.8 Å². The van der Waals surface area contributed by atoms with Gasteiger partial charge < -0.3 is 5.32 Å². The first kappa shape index (κ1) is 21.4. The van der Waals surface area contributed by atoms with Crippen LogP contribution < -0.4 is 5.32 Å². The van der Waals surface area contributed by atoms with Crippen molar-refractivity contribution in [3.8, 4) is 0 Å². The molecular weight excluding hydrogens is 387 g/mol. The van der Waals surface area contributed by atoms with Gasteiger partial charge >= 0.3 is 0 Å². The summed E-state index contributed by atoms with van der Waals surface area (Å²) in [6.45, 7) is 1.90. The van der Waals surface area contributed by atoms with Crippen LogP contribution in [0.1, 0.15) is 11.1 Å². The molecule has 0 spiro atoms. The van der Waals surface area contributed by atoms with Gasteiger partial charge in [0.05, 0.1) is 12.8 Å². The fourth-order valence-electron chi connectivity index (χ4n) is 2.32. The highest BCUT2D eigenvalue weighted by Crippen LogP contribution is 2.17. The number of amides is 1. The van der Waals surface area contributed by atoms with E-state index in [-0.39, 0.29) is 18.7 Å². The van der Waals surface area contributed by atoms with E-state index >= 15 is 0 Å². The molecule has 2 aromatic rings. The highest BCUT2D eigenvalue weighted by Gasteiger charge is 2.21. The van der Waals surface area contributed by atoms with Crippen molar-refractivity contribution in [3.05, 3.63) is 65.5 Å². The van der Waals surface area contributed by atoms with Gasteiger partial charge in [0.1, 0.15) is 5.82 Å². The van der Waals surface area contributed by atoms with Crippen LogP contribution in [0.4, 0.5) is 4.39 Å². The van der Waals surface area contributed by atoms with Crippen LogP contribution in [0.15, 0.2) is 53.4 Å². The third kappa shape index (κ3) is 7.32. The molecule has 0 radical (unpaired) electrons. The number of nitrogens with zero attached hydrogens (tertiary/aromatic N) is 1. The standard InChI is InChI=1S/C19H23FN2O3S2/c1-15-7-9-17(10-8-15)26-12-11-21-19(23)14-22(27(2,24)25)13-16-5-3-4-6-18(16)20/h3-10H,11-14H2,1-2H3,(H,21,23). The van der Waals surface area contributed by atoms with Crippen LogP contribution in [0.3, 0.4) is 0 Å². The van der Waals surface area contributed by atoms with Crippen LogP contribution in [0.5, 0.6) is 0 Å².